The van der Waals surface area contributed by atoms with Crippen LogP contribution in [-0.4, -0.2) is 37.7 Å². The van der Waals surface area contributed by atoms with Gasteiger partial charge in [0.1, 0.15) is 6.04 Å². The Morgan fingerprint density at radius 2 is 1.78 bits per heavy atom. The Labute approximate surface area is 156 Å². The predicted octanol–water partition coefficient (Wildman–Crippen LogP) is 2.45. The number of carbonyl (C=O) groups is 2. The molecule has 27 heavy (non-hydrogen) atoms. The molecular formula is C21H19N3O3. The zero-order valence-corrected chi connectivity index (χ0v) is 14.7. The van der Waals surface area contributed by atoms with E-state index in [0.717, 1.165) is 22.4 Å². The van der Waals surface area contributed by atoms with Crippen LogP contribution in [0.4, 0.5) is 0 Å². The lowest BCUT2D eigenvalue weighted by atomic mass is 9.93. The second-order valence-corrected chi connectivity index (χ2v) is 6.64. The second kappa shape index (κ2) is 7.07. The SMILES string of the molecule is O=C(O)C1Cc2ccccc2CN1C(=O)Cc1ccc(-n2cccn2)cc1. The van der Waals surface area contributed by atoms with Crippen LogP contribution in [0.1, 0.15) is 16.7 Å². The summed E-state index contributed by atoms with van der Waals surface area (Å²) in [5, 5.41) is 13.8. The molecule has 0 bridgehead atoms. The van der Waals surface area contributed by atoms with E-state index in [9.17, 15) is 14.7 Å². The number of benzene rings is 2. The van der Waals surface area contributed by atoms with Gasteiger partial charge in [-0.05, 0) is 34.9 Å². The van der Waals surface area contributed by atoms with E-state index in [4.69, 9.17) is 0 Å². The molecule has 4 rings (SSSR count). The number of fused-ring (bicyclic) bond motifs is 1. The van der Waals surface area contributed by atoms with Crippen LogP contribution in [0.15, 0.2) is 67.0 Å². The first-order valence-electron chi connectivity index (χ1n) is 8.80. The topological polar surface area (TPSA) is 75.4 Å². The summed E-state index contributed by atoms with van der Waals surface area (Å²) in [7, 11) is 0. The van der Waals surface area contributed by atoms with Crippen molar-refractivity contribution in [3.63, 3.8) is 0 Å². The Bertz CT molecular complexity index is 965. The first-order valence-corrected chi connectivity index (χ1v) is 8.80. The van der Waals surface area contributed by atoms with E-state index in [1.165, 1.54) is 4.90 Å². The number of carboxylic acids is 1. The zero-order chi connectivity index (χ0) is 18.8. The van der Waals surface area contributed by atoms with Crippen molar-refractivity contribution in [2.75, 3.05) is 0 Å². The van der Waals surface area contributed by atoms with Crippen molar-refractivity contribution in [2.45, 2.75) is 25.4 Å². The lowest BCUT2D eigenvalue weighted by Crippen LogP contribution is -2.49. The molecular weight excluding hydrogens is 342 g/mol. The summed E-state index contributed by atoms with van der Waals surface area (Å²) in [6, 6.07) is 16.3. The number of amides is 1. The van der Waals surface area contributed by atoms with Crippen LogP contribution in [0.3, 0.4) is 0 Å². The number of nitrogens with zero attached hydrogens (tertiary/aromatic N) is 3. The number of carboxylic acid groups (broad SMARTS) is 1. The van der Waals surface area contributed by atoms with Crippen molar-refractivity contribution >= 4 is 11.9 Å². The van der Waals surface area contributed by atoms with Gasteiger partial charge in [-0.15, -0.1) is 0 Å². The largest absolute Gasteiger partial charge is 0.480 e. The number of aromatic nitrogens is 2. The molecule has 0 saturated carbocycles. The third kappa shape index (κ3) is 3.46. The maximum Gasteiger partial charge on any atom is 0.326 e. The quantitative estimate of drug-likeness (QED) is 0.775. The third-order valence-electron chi connectivity index (χ3n) is 4.91. The maximum absolute atomic E-state index is 12.9. The van der Waals surface area contributed by atoms with Gasteiger partial charge in [-0.3, -0.25) is 4.79 Å². The first-order chi connectivity index (χ1) is 13.1. The molecule has 0 saturated heterocycles. The number of rotatable bonds is 4. The first kappa shape index (κ1) is 17.0. The molecule has 1 amide bonds. The minimum atomic E-state index is -0.966. The fourth-order valence-corrected chi connectivity index (χ4v) is 3.47. The summed E-state index contributed by atoms with van der Waals surface area (Å²) < 4.78 is 1.74. The van der Waals surface area contributed by atoms with E-state index in [1.807, 2.05) is 60.8 Å². The standard InChI is InChI=1S/C21H19N3O3/c25-20(12-15-6-8-18(9-7-15)24-11-3-10-22-24)23-14-17-5-2-1-4-16(17)13-19(23)21(26)27/h1-11,19H,12-14H2,(H,26,27). The molecule has 1 aliphatic rings. The van der Waals surface area contributed by atoms with Crippen molar-refractivity contribution in [3.05, 3.63) is 83.7 Å². The van der Waals surface area contributed by atoms with Crippen LogP contribution < -0.4 is 0 Å². The lowest BCUT2D eigenvalue weighted by molar-refractivity contribution is -0.151. The Hall–Kier alpha value is -3.41. The van der Waals surface area contributed by atoms with Gasteiger partial charge in [0, 0.05) is 25.4 Å². The molecule has 0 spiro atoms. The highest BCUT2D eigenvalue weighted by molar-refractivity contribution is 5.85. The van der Waals surface area contributed by atoms with Gasteiger partial charge >= 0.3 is 5.97 Å². The molecule has 0 fully saturated rings. The second-order valence-electron chi connectivity index (χ2n) is 6.64. The Morgan fingerprint density at radius 3 is 2.44 bits per heavy atom. The Kier molecular flexibility index (Phi) is 4.46. The summed E-state index contributed by atoms with van der Waals surface area (Å²) in [4.78, 5) is 26.0. The average molecular weight is 361 g/mol. The predicted molar refractivity (Wildman–Crippen MR) is 99.4 cm³/mol. The molecule has 6 nitrogen and oxygen atoms in total. The summed E-state index contributed by atoms with van der Waals surface area (Å²) in [5.41, 5.74) is 3.76. The van der Waals surface area contributed by atoms with Crippen molar-refractivity contribution in [1.29, 1.82) is 0 Å². The number of aliphatic carboxylic acids is 1. The van der Waals surface area contributed by atoms with Crippen LogP contribution >= 0.6 is 0 Å². The smallest absolute Gasteiger partial charge is 0.326 e. The van der Waals surface area contributed by atoms with E-state index >= 15 is 0 Å². The molecule has 2 heterocycles. The molecule has 3 aromatic rings. The maximum atomic E-state index is 12.9. The molecule has 136 valence electrons. The highest BCUT2D eigenvalue weighted by Crippen LogP contribution is 2.24. The van der Waals surface area contributed by atoms with Gasteiger partial charge in [-0.1, -0.05) is 36.4 Å². The number of hydrogen-bond donors (Lipinski definition) is 1. The summed E-state index contributed by atoms with van der Waals surface area (Å²) >= 11 is 0. The fraction of sp³-hybridized carbons (Fsp3) is 0.190. The Morgan fingerprint density at radius 1 is 1.04 bits per heavy atom. The van der Waals surface area contributed by atoms with Crippen LogP contribution in [0.2, 0.25) is 0 Å². The van der Waals surface area contributed by atoms with Gasteiger partial charge in [-0.25, -0.2) is 9.48 Å². The average Bonchev–Trinajstić information content (AvgIpc) is 3.22. The van der Waals surface area contributed by atoms with E-state index in [0.29, 0.717) is 13.0 Å². The molecule has 1 N–H and O–H groups in total. The van der Waals surface area contributed by atoms with Gasteiger partial charge in [-0.2, -0.15) is 5.10 Å². The molecule has 2 aromatic carbocycles. The van der Waals surface area contributed by atoms with E-state index in [-0.39, 0.29) is 12.3 Å². The highest BCUT2D eigenvalue weighted by atomic mass is 16.4. The van der Waals surface area contributed by atoms with Crippen LogP contribution in [0.5, 0.6) is 0 Å². The summed E-state index contributed by atoms with van der Waals surface area (Å²) in [6.07, 6.45) is 4.07. The van der Waals surface area contributed by atoms with Crippen molar-refractivity contribution in [3.8, 4) is 5.69 Å². The molecule has 0 aliphatic carbocycles. The number of hydrogen-bond acceptors (Lipinski definition) is 3. The zero-order valence-electron chi connectivity index (χ0n) is 14.7. The highest BCUT2D eigenvalue weighted by Gasteiger charge is 2.34. The van der Waals surface area contributed by atoms with Gasteiger partial charge in [0.25, 0.3) is 0 Å². The minimum Gasteiger partial charge on any atom is -0.480 e. The van der Waals surface area contributed by atoms with Crippen molar-refractivity contribution in [1.82, 2.24) is 14.7 Å². The fourth-order valence-electron chi connectivity index (χ4n) is 3.47. The normalized spacial score (nSPS) is 16.0. The Balaban J connectivity index is 1.52. The molecule has 1 unspecified atom stereocenters. The summed E-state index contributed by atoms with van der Waals surface area (Å²) in [6.45, 7) is 0.331. The van der Waals surface area contributed by atoms with Gasteiger partial charge in [0.15, 0.2) is 0 Å². The lowest BCUT2D eigenvalue weighted by Gasteiger charge is -2.34. The number of carbonyl (C=O) groups excluding carboxylic acids is 1. The van der Waals surface area contributed by atoms with Gasteiger partial charge < -0.3 is 10.0 Å². The molecule has 1 atom stereocenters. The van der Waals surface area contributed by atoms with Gasteiger partial charge in [0.05, 0.1) is 12.1 Å². The van der Waals surface area contributed by atoms with Crippen molar-refractivity contribution in [2.24, 2.45) is 0 Å². The van der Waals surface area contributed by atoms with E-state index in [1.54, 1.807) is 10.9 Å². The monoisotopic (exact) mass is 361 g/mol. The van der Waals surface area contributed by atoms with Crippen LogP contribution in [0.25, 0.3) is 5.69 Å². The summed E-state index contributed by atoms with van der Waals surface area (Å²) in [5.74, 6) is -1.14. The molecule has 0 radical (unpaired) electrons. The van der Waals surface area contributed by atoms with E-state index < -0.39 is 12.0 Å². The molecule has 6 heteroatoms. The molecule has 1 aliphatic heterocycles. The molecule has 1 aromatic heterocycles. The van der Waals surface area contributed by atoms with Crippen LogP contribution in [0, 0.1) is 0 Å². The van der Waals surface area contributed by atoms with Gasteiger partial charge in [0.2, 0.25) is 5.91 Å². The minimum absolute atomic E-state index is 0.172. The van der Waals surface area contributed by atoms with Crippen LogP contribution in [-0.2, 0) is 29.0 Å². The van der Waals surface area contributed by atoms with E-state index in [2.05, 4.69) is 5.10 Å². The van der Waals surface area contributed by atoms with Crippen molar-refractivity contribution < 1.29 is 14.7 Å². The third-order valence-corrected chi connectivity index (χ3v) is 4.91.